The molecule has 0 bridgehead atoms. The number of carboxylic acid groups (broad SMARTS) is 1. The number of carboxylic acids is 1. The summed E-state index contributed by atoms with van der Waals surface area (Å²) in [5.74, 6) is 5.64. The van der Waals surface area contributed by atoms with Crippen LogP contribution in [0.2, 0.25) is 0 Å². The van der Waals surface area contributed by atoms with Crippen molar-refractivity contribution in [1.82, 2.24) is 4.90 Å². The largest absolute Gasteiger partial charge is 0.478 e. The number of rotatable bonds is 12. The van der Waals surface area contributed by atoms with E-state index in [0.29, 0.717) is 19.5 Å². The molecule has 0 aliphatic carbocycles. The SMILES string of the molecule is CCCCCC(=O)N(Cc1ccc(C#Cc2ccc(CCCC)cc2)cc1)Cc1ccc(C(=O)O)cc1. The Kier molecular flexibility index (Phi) is 11.0. The fraction of sp³-hybridized carbons (Fsp3) is 0.333. The molecule has 3 aromatic carbocycles. The van der Waals surface area contributed by atoms with Gasteiger partial charge in [-0.1, -0.05) is 81.3 Å². The van der Waals surface area contributed by atoms with E-state index in [9.17, 15) is 9.59 Å². The number of nitrogens with zero attached hydrogens (tertiary/aromatic N) is 1. The predicted octanol–water partition coefficient (Wildman–Crippen LogP) is 7.24. The molecule has 3 aromatic rings. The number of hydrogen-bond acceptors (Lipinski definition) is 2. The Bertz CT molecular complexity index is 1200. The standard InChI is InChI=1S/C33H37NO3/c1-3-5-7-9-32(35)34(25-30-20-22-31(23-21-30)33(36)37)24-29-18-16-28(17-19-29)15-14-27-12-10-26(11-13-27)8-6-4-2/h10-13,16-23H,3-9,24-25H2,1-2H3,(H,36,37). The van der Waals surface area contributed by atoms with Gasteiger partial charge in [0.2, 0.25) is 5.91 Å². The molecular formula is C33H37NO3. The number of hydrogen-bond donors (Lipinski definition) is 1. The normalized spacial score (nSPS) is 10.4. The maximum Gasteiger partial charge on any atom is 0.335 e. The summed E-state index contributed by atoms with van der Waals surface area (Å²) in [4.78, 5) is 26.0. The Morgan fingerprint density at radius 3 is 1.65 bits per heavy atom. The Morgan fingerprint density at radius 2 is 1.16 bits per heavy atom. The summed E-state index contributed by atoms with van der Waals surface area (Å²) < 4.78 is 0. The minimum absolute atomic E-state index is 0.113. The molecule has 4 heteroatoms. The van der Waals surface area contributed by atoms with Crippen LogP contribution in [-0.2, 0) is 24.3 Å². The Hall–Kier alpha value is -3.84. The van der Waals surface area contributed by atoms with Crippen molar-refractivity contribution in [2.24, 2.45) is 0 Å². The van der Waals surface area contributed by atoms with Gasteiger partial charge >= 0.3 is 5.97 Å². The summed E-state index contributed by atoms with van der Waals surface area (Å²) >= 11 is 0. The molecule has 0 aromatic heterocycles. The second-order valence-electron chi connectivity index (χ2n) is 9.46. The third-order valence-corrected chi connectivity index (χ3v) is 6.37. The van der Waals surface area contributed by atoms with Gasteiger partial charge in [0.25, 0.3) is 0 Å². The first-order valence-electron chi connectivity index (χ1n) is 13.3. The van der Waals surface area contributed by atoms with E-state index in [1.54, 1.807) is 24.3 Å². The van der Waals surface area contributed by atoms with Crippen molar-refractivity contribution in [3.8, 4) is 11.8 Å². The van der Waals surface area contributed by atoms with Crippen LogP contribution in [0, 0.1) is 11.8 Å². The maximum absolute atomic E-state index is 13.0. The van der Waals surface area contributed by atoms with Crippen molar-refractivity contribution in [2.75, 3.05) is 0 Å². The van der Waals surface area contributed by atoms with Crippen molar-refractivity contribution >= 4 is 11.9 Å². The van der Waals surface area contributed by atoms with E-state index in [1.807, 2.05) is 29.2 Å². The number of aryl methyl sites for hydroxylation is 1. The summed E-state index contributed by atoms with van der Waals surface area (Å²) in [7, 11) is 0. The van der Waals surface area contributed by atoms with Gasteiger partial charge in [0, 0.05) is 30.6 Å². The minimum Gasteiger partial charge on any atom is -0.478 e. The highest BCUT2D eigenvalue weighted by atomic mass is 16.4. The first-order valence-corrected chi connectivity index (χ1v) is 13.3. The lowest BCUT2D eigenvalue weighted by Crippen LogP contribution is -2.30. The van der Waals surface area contributed by atoms with Crippen LogP contribution in [0.25, 0.3) is 0 Å². The van der Waals surface area contributed by atoms with E-state index in [0.717, 1.165) is 47.9 Å². The van der Waals surface area contributed by atoms with Crippen LogP contribution in [0.15, 0.2) is 72.8 Å². The topological polar surface area (TPSA) is 57.6 Å². The van der Waals surface area contributed by atoms with Crippen molar-refractivity contribution in [3.05, 3.63) is 106 Å². The number of amides is 1. The number of unbranched alkanes of at least 4 members (excludes halogenated alkanes) is 3. The number of carbonyl (C=O) groups excluding carboxylic acids is 1. The van der Waals surface area contributed by atoms with Gasteiger partial charge in [0.15, 0.2) is 0 Å². The number of aromatic carboxylic acids is 1. The molecule has 0 spiro atoms. The van der Waals surface area contributed by atoms with Crippen molar-refractivity contribution in [1.29, 1.82) is 0 Å². The van der Waals surface area contributed by atoms with E-state index < -0.39 is 5.97 Å². The molecule has 4 nitrogen and oxygen atoms in total. The van der Waals surface area contributed by atoms with Crippen molar-refractivity contribution < 1.29 is 14.7 Å². The molecule has 0 atom stereocenters. The van der Waals surface area contributed by atoms with Crippen LogP contribution < -0.4 is 0 Å². The van der Waals surface area contributed by atoms with Crippen LogP contribution in [0.3, 0.4) is 0 Å². The van der Waals surface area contributed by atoms with Gasteiger partial charge < -0.3 is 10.0 Å². The Balaban J connectivity index is 1.67. The quantitative estimate of drug-likeness (QED) is 0.213. The van der Waals surface area contributed by atoms with Gasteiger partial charge in [0.05, 0.1) is 5.56 Å². The predicted molar refractivity (Wildman–Crippen MR) is 149 cm³/mol. The van der Waals surface area contributed by atoms with Crippen LogP contribution in [0.1, 0.15) is 90.5 Å². The minimum atomic E-state index is -0.953. The molecule has 0 aliphatic rings. The molecule has 0 unspecified atom stereocenters. The van der Waals surface area contributed by atoms with Crippen LogP contribution in [0.5, 0.6) is 0 Å². The van der Waals surface area contributed by atoms with Gasteiger partial charge in [-0.25, -0.2) is 4.79 Å². The van der Waals surface area contributed by atoms with E-state index in [4.69, 9.17) is 5.11 Å². The van der Waals surface area contributed by atoms with Gasteiger partial charge in [-0.3, -0.25) is 4.79 Å². The van der Waals surface area contributed by atoms with Crippen molar-refractivity contribution in [3.63, 3.8) is 0 Å². The number of carbonyl (C=O) groups is 2. The van der Waals surface area contributed by atoms with Crippen LogP contribution in [-0.4, -0.2) is 21.9 Å². The lowest BCUT2D eigenvalue weighted by atomic mass is 10.1. The molecule has 1 N–H and O–H groups in total. The Morgan fingerprint density at radius 1 is 0.676 bits per heavy atom. The van der Waals surface area contributed by atoms with E-state index >= 15 is 0 Å². The maximum atomic E-state index is 13.0. The zero-order chi connectivity index (χ0) is 26.5. The molecule has 1 amide bonds. The molecule has 0 heterocycles. The second-order valence-corrected chi connectivity index (χ2v) is 9.46. The molecule has 192 valence electrons. The molecule has 37 heavy (non-hydrogen) atoms. The highest BCUT2D eigenvalue weighted by Crippen LogP contribution is 2.15. The second kappa shape index (κ2) is 14.7. The van der Waals surface area contributed by atoms with Crippen LogP contribution in [0.4, 0.5) is 0 Å². The summed E-state index contributed by atoms with van der Waals surface area (Å²) in [6.45, 7) is 5.27. The average Bonchev–Trinajstić information content (AvgIpc) is 2.92. The molecule has 0 saturated carbocycles. The molecular weight excluding hydrogens is 458 g/mol. The summed E-state index contributed by atoms with van der Waals surface area (Å²) in [6.07, 6.45) is 6.99. The fourth-order valence-electron chi connectivity index (χ4n) is 4.08. The summed E-state index contributed by atoms with van der Waals surface area (Å²) in [5, 5.41) is 9.15. The van der Waals surface area contributed by atoms with Gasteiger partial charge in [0.1, 0.15) is 0 Å². The first-order chi connectivity index (χ1) is 18.0. The van der Waals surface area contributed by atoms with Gasteiger partial charge in [-0.05, 0) is 72.4 Å². The Labute approximate surface area is 221 Å². The third kappa shape index (κ3) is 9.28. The smallest absolute Gasteiger partial charge is 0.335 e. The van der Waals surface area contributed by atoms with E-state index in [-0.39, 0.29) is 11.5 Å². The monoisotopic (exact) mass is 495 g/mol. The zero-order valence-electron chi connectivity index (χ0n) is 22.0. The van der Waals surface area contributed by atoms with E-state index in [1.165, 1.54) is 18.4 Å². The highest BCUT2D eigenvalue weighted by Gasteiger charge is 2.15. The van der Waals surface area contributed by atoms with Gasteiger partial charge in [-0.2, -0.15) is 0 Å². The molecule has 0 radical (unpaired) electrons. The molecule has 0 fully saturated rings. The zero-order valence-corrected chi connectivity index (χ0v) is 22.0. The lowest BCUT2D eigenvalue weighted by Gasteiger charge is -2.23. The number of benzene rings is 3. The summed E-state index contributed by atoms with van der Waals surface area (Å²) in [6, 6.07) is 23.3. The van der Waals surface area contributed by atoms with Gasteiger partial charge in [-0.15, -0.1) is 0 Å². The lowest BCUT2D eigenvalue weighted by molar-refractivity contribution is -0.132. The first kappa shape index (κ1) is 27.7. The summed E-state index contributed by atoms with van der Waals surface area (Å²) in [5.41, 5.74) is 5.48. The fourth-order valence-corrected chi connectivity index (χ4v) is 4.08. The molecule has 0 aliphatic heterocycles. The molecule has 3 rings (SSSR count). The van der Waals surface area contributed by atoms with Crippen molar-refractivity contribution in [2.45, 2.75) is 71.9 Å². The average molecular weight is 496 g/mol. The third-order valence-electron chi connectivity index (χ3n) is 6.37. The van der Waals surface area contributed by atoms with E-state index in [2.05, 4.69) is 50.0 Å². The van der Waals surface area contributed by atoms with Crippen LogP contribution >= 0.6 is 0 Å². The molecule has 0 saturated heterocycles. The highest BCUT2D eigenvalue weighted by molar-refractivity contribution is 5.87.